The van der Waals surface area contributed by atoms with Crippen LogP contribution in [0.2, 0.25) is 0 Å². The topological polar surface area (TPSA) is 72.5 Å². The van der Waals surface area contributed by atoms with Crippen LogP contribution in [0.5, 0.6) is 0 Å². The van der Waals surface area contributed by atoms with E-state index in [1.54, 1.807) is 19.1 Å². The SMILES string of the molecule is CCC(=O)c1cccc(S(=O)(=O)NC2(C)CCOCC2)c1. The van der Waals surface area contributed by atoms with Crippen molar-refractivity contribution in [3.8, 4) is 0 Å². The van der Waals surface area contributed by atoms with Crippen LogP contribution in [0, 0.1) is 0 Å². The number of rotatable bonds is 5. The van der Waals surface area contributed by atoms with Gasteiger partial charge in [-0.05, 0) is 31.9 Å². The van der Waals surface area contributed by atoms with Gasteiger partial charge in [-0.25, -0.2) is 13.1 Å². The smallest absolute Gasteiger partial charge is 0.241 e. The third kappa shape index (κ3) is 3.90. The molecular formula is C15H21NO4S. The number of ketones is 1. The van der Waals surface area contributed by atoms with Crippen molar-refractivity contribution < 1.29 is 17.9 Å². The maximum atomic E-state index is 12.5. The summed E-state index contributed by atoms with van der Waals surface area (Å²) in [6.45, 7) is 4.74. The Bertz CT molecular complexity index is 618. The molecular weight excluding hydrogens is 290 g/mol. The molecule has 0 unspecified atom stereocenters. The molecule has 0 aliphatic carbocycles. The molecule has 0 bridgehead atoms. The molecule has 0 saturated carbocycles. The Morgan fingerprint density at radius 3 is 2.62 bits per heavy atom. The van der Waals surface area contributed by atoms with E-state index in [0.29, 0.717) is 38.0 Å². The van der Waals surface area contributed by atoms with E-state index in [4.69, 9.17) is 4.74 Å². The molecule has 0 atom stereocenters. The first-order valence-corrected chi connectivity index (χ1v) is 8.60. The first kappa shape index (κ1) is 16.1. The van der Waals surface area contributed by atoms with Crippen LogP contribution in [-0.4, -0.2) is 33.0 Å². The van der Waals surface area contributed by atoms with Crippen molar-refractivity contribution in [3.63, 3.8) is 0 Å². The zero-order chi connectivity index (χ0) is 15.5. The molecule has 1 aromatic carbocycles. The number of benzene rings is 1. The minimum absolute atomic E-state index is 0.0654. The molecule has 1 saturated heterocycles. The highest BCUT2D eigenvalue weighted by Crippen LogP contribution is 2.23. The number of ether oxygens (including phenoxy) is 1. The quantitative estimate of drug-likeness (QED) is 0.846. The maximum Gasteiger partial charge on any atom is 0.241 e. The molecule has 1 aliphatic rings. The lowest BCUT2D eigenvalue weighted by atomic mass is 9.94. The number of carbonyl (C=O) groups is 1. The molecule has 1 fully saturated rings. The van der Waals surface area contributed by atoms with Crippen molar-refractivity contribution in [1.29, 1.82) is 0 Å². The monoisotopic (exact) mass is 311 g/mol. The largest absolute Gasteiger partial charge is 0.381 e. The van der Waals surface area contributed by atoms with Gasteiger partial charge >= 0.3 is 0 Å². The fraction of sp³-hybridized carbons (Fsp3) is 0.533. The summed E-state index contributed by atoms with van der Waals surface area (Å²) in [6, 6.07) is 6.19. The fourth-order valence-corrected chi connectivity index (χ4v) is 3.86. The Labute approximate surface area is 125 Å². The second-order valence-electron chi connectivity index (χ2n) is 5.58. The van der Waals surface area contributed by atoms with E-state index in [1.807, 2.05) is 6.92 Å². The number of nitrogens with one attached hydrogen (secondary N) is 1. The predicted octanol–water partition coefficient (Wildman–Crippen LogP) is 2.13. The Morgan fingerprint density at radius 2 is 2.00 bits per heavy atom. The van der Waals surface area contributed by atoms with Crippen LogP contribution in [0.15, 0.2) is 29.2 Å². The number of hydrogen-bond donors (Lipinski definition) is 1. The van der Waals surface area contributed by atoms with Gasteiger partial charge in [0.2, 0.25) is 10.0 Å². The highest BCUT2D eigenvalue weighted by Gasteiger charge is 2.32. The van der Waals surface area contributed by atoms with Gasteiger partial charge in [-0.15, -0.1) is 0 Å². The summed E-state index contributed by atoms with van der Waals surface area (Å²) >= 11 is 0. The normalized spacial score (nSPS) is 18.4. The van der Waals surface area contributed by atoms with Crippen molar-refractivity contribution in [2.75, 3.05) is 13.2 Å². The van der Waals surface area contributed by atoms with Crippen LogP contribution >= 0.6 is 0 Å². The molecule has 5 nitrogen and oxygen atoms in total. The first-order chi connectivity index (χ1) is 9.86. The zero-order valence-corrected chi connectivity index (χ0v) is 13.2. The van der Waals surface area contributed by atoms with Crippen molar-refractivity contribution in [2.45, 2.75) is 43.5 Å². The van der Waals surface area contributed by atoms with E-state index in [1.165, 1.54) is 12.1 Å². The Balaban J connectivity index is 2.25. The van der Waals surface area contributed by atoms with Gasteiger partial charge in [-0.2, -0.15) is 0 Å². The Morgan fingerprint density at radius 1 is 1.33 bits per heavy atom. The molecule has 0 amide bonds. The van der Waals surface area contributed by atoms with Gasteiger partial charge in [0.05, 0.1) is 4.90 Å². The predicted molar refractivity (Wildman–Crippen MR) is 79.8 cm³/mol. The lowest BCUT2D eigenvalue weighted by Crippen LogP contribution is -2.49. The van der Waals surface area contributed by atoms with Crippen molar-refractivity contribution in [1.82, 2.24) is 4.72 Å². The molecule has 1 aliphatic heterocycles. The first-order valence-electron chi connectivity index (χ1n) is 7.11. The minimum Gasteiger partial charge on any atom is -0.381 e. The van der Waals surface area contributed by atoms with E-state index < -0.39 is 15.6 Å². The zero-order valence-electron chi connectivity index (χ0n) is 12.4. The average Bonchev–Trinajstić information content (AvgIpc) is 2.46. The number of carbonyl (C=O) groups excluding carboxylic acids is 1. The van der Waals surface area contributed by atoms with E-state index >= 15 is 0 Å². The molecule has 0 spiro atoms. The van der Waals surface area contributed by atoms with Gasteiger partial charge in [0.15, 0.2) is 5.78 Å². The lowest BCUT2D eigenvalue weighted by molar-refractivity contribution is 0.0537. The van der Waals surface area contributed by atoms with Crippen molar-refractivity contribution >= 4 is 15.8 Å². The van der Waals surface area contributed by atoms with Crippen LogP contribution in [0.3, 0.4) is 0 Å². The highest BCUT2D eigenvalue weighted by atomic mass is 32.2. The van der Waals surface area contributed by atoms with E-state index in [0.717, 1.165) is 0 Å². The summed E-state index contributed by atoms with van der Waals surface area (Å²) < 4.78 is 33.0. The van der Waals surface area contributed by atoms with E-state index in [2.05, 4.69) is 4.72 Å². The average molecular weight is 311 g/mol. The Hall–Kier alpha value is -1.24. The van der Waals surface area contributed by atoms with Gasteiger partial charge in [0, 0.05) is 30.7 Å². The fourth-order valence-electron chi connectivity index (χ4n) is 2.35. The van der Waals surface area contributed by atoms with Gasteiger partial charge in [0.1, 0.15) is 0 Å². The molecule has 1 heterocycles. The van der Waals surface area contributed by atoms with E-state index in [9.17, 15) is 13.2 Å². The summed E-state index contributed by atoms with van der Waals surface area (Å²) in [7, 11) is -3.64. The molecule has 1 aromatic rings. The third-order valence-electron chi connectivity index (χ3n) is 3.76. The number of Topliss-reactive ketones (excluding diaryl/α,β-unsaturated/α-hetero) is 1. The summed E-state index contributed by atoms with van der Waals surface area (Å²) in [5, 5.41) is 0. The molecule has 2 rings (SSSR count). The maximum absolute atomic E-state index is 12.5. The van der Waals surface area contributed by atoms with Gasteiger partial charge in [-0.1, -0.05) is 19.1 Å². The minimum atomic E-state index is -3.64. The van der Waals surface area contributed by atoms with Crippen LogP contribution in [0.1, 0.15) is 43.5 Å². The Kier molecular flexibility index (Phi) is 4.81. The molecule has 0 radical (unpaired) electrons. The molecule has 6 heteroatoms. The summed E-state index contributed by atoms with van der Waals surface area (Å²) in [5.41, 5.74) is -0.0699. The third-order valence-corrected chi connectivity index (χ3v) is 5.40. The molecule has 21 heavy (non-hydrogen) atoms. The standard InChI is InChI=1S/C15H21NO4S/c1-3-14(17)12-5-4-6-13(11-12)21(18,19)16-15(2)7-9-20-10-8-15/h4-6,11,16H,3,7-10H2,1-2H3. The van der Waals surface area contributed by atoms with Crippen molar-refractivity contribution in [3.05, 3.63) is 29.8 Å². The summed E-state index contributed by atoms with van der Waals surface area (Å²) in [6.07, 6.45) is 1.63. The summed E-state index contributed by atoms with van der Waals surface area (Å²) in [4.78, 5) is 11.8. The molecule has 0 aromatic heterocycles. The highest BCUT2D eigenvalue weighted by molar-refractivity contribution is 7.89. The second kappa shape index (κ2) is 6.25. The van der Waals surface area contributed by atoms with Gasteiger partial charge in [-0.3, -0.25) is 4.79 Å². The number of sulfonamides is 1. The van der Waals surface area contributed by atoms with Crippen molar-refractivity contribution in [2.24, 2.45) is 0 Å². The van der Waals surface area contributed by atoms with E-state index in [-0.39, 0.29) is 10.7 Å². The number of hydrogen-bond acceptors (Lipinski definition) is 4. The molecule has 1 N–H and O–H groups in total. The van der Waals surface area contributed by atoms with Gasteiger partial charge < -0.3 is 4.74 Å². The van der Waals surface area contributed by atoms with Crippen LogP contribution in [0.25, 0.3) is 0 Å². The van der Waals surface area contributed by atoms with Crippen LogP contribution in [-0.2, 0) is 14.8 Å². The second-order valence-corrected chi connectivity index (χ2v) is 7.27. The van der Waals surface area contributed by atoms with Crippen LogP contribution in [0.4, 0.5) is 0 Å². The molecule has 116 valence electrons. The lowest BCUT2D eigenvalue weighted by Gasteiger charge is -2.34. The summed E-state index contributed by atoms with van der Waals surface area (Å²) in [5.74, 6) is -0.0654. The van der Waals surface area contributed by atoms with Crippen LogP contribution < -0.4 is 4.72 Å². The van der Waals surface area contributed by atoms with Gasteiger partial charge in [0.25, 0.3) is 0 Å².